The molecule has 1 heterocycles. The monoisotopic (exact) mass is 185 g/mol. The van der Waals surface area contributed by atoms with Gasteiger partial charge < -0.3 is 4.74 Å². The van der Waals surface area contributed by atoms with E-state index >= 15 is 0 Å². The zero-order valence-electron chi connectivity index (χ0n) is 7.30. The van der Waals surface area contributed by atoms with Gasteiger partial charge in [0.1, 0.15) is 0 Å². The molecule has 0 unspecified atom stereocenters. The Hall–Kier alpha value is -0.600. The number of pyridine rings is 1. The van der Waals surface area contributed by atoms with Crippen molar-refractivity contribution in [2.24, 2.45) is 0 Å². The predicted octanol–water partition coefficient (Wildman–Crippen LogP) is 2.28. The second-order valence-electron chi connectivity index (χ2n) is 2.62. The number of hydrogen-bond acceptors (Lipinski definition) is 2. The summed E-state index contributed by atoms with van der Waals surface area (Å²) in [5.74, 6) is 0.498. The van der Waals surface area contributed by atoms with Gasteiger partial charge in [-0.15, -0.1) is 11.6 Å². The molecule has 1 rings (SSSR count). The lowest BCUT2D eigenvalue weighted by atomic mass is 10.1. The van der Waals surface area contributed by atoms with Crippen LogP contribution >= 0.6 is 11.6 Å². The number of aryl methyl sites for hydroxylation is 1. The SMILES string of the molecule is COCc1nccc(C)c1CCl. The molecule has 0 aromatic carbocycles. The lowest BCUT2D eigenvalue weighted by molar-refractivity contribution is 0.181. The molecule has 0 aliphatic carbocycles. The average molecular weight is 186 g/mol. The molecule has 0 fully saturated rings. The molecular weight excluding hydrogens is 174 g/mol. The maximum absolute atomic E-state index is 5.78. The molecule has 1 aromatic heterocycles. The molecule has 0 spiro atoms. The Balaban J connectivity index is 3.00. The first-order valence-corrected chi connectivity index (χ1v) is 4.31. The van der Waals surface area contributed by atoms with Gasteiger partial charge in [0.2, 0.25) is 0 Å². The van der Waals surface area contributed by atoms with Crippen LogP contribution in [0.1, 0.15) is 16.8 Å². The minimum atomic E-state index is 0.498. The van der Waals surface area contributed by atoms with Crippen LogP contribution < -0.4 is 0 Å². The average Bonchev–Trinajstić information content (AvgIpc) is 2.05. The van der Waals surface area contributed by atoms with Crippen LogP contribution in [0.3, 0.4) is 0 Å². The van der Waals surface area contributed by atoms with Crippen molar-refractivity contribution < 1.29 is 4.74 Å². The fourth-order valence-electron chi connectivity index (χ4n) is 1.09. The molecule has 0 radical (unpaired) electrons. The number of halogens is 1. The fourth-order valence-corrected chi connectivity index (χ4v) is 1.45. The topological polar surface area (TPSA) is 22.1 Å². The van der Waals surface area contributed by atoms with Gasteiger partial charge in [0.15, 0.2) is 0 Å². The molecule has 0 aliphatic rings. The maximum atomic E-state index is 5.78. The zero-order chi connectivity index (χ0) is 8.97. The third-order valence-electron chi connectivity index (χ3n) is 1.79. The minimum absolute atomic E-state index is 0.498. The Bertz CT molecular complexity index is 263. The van der Waals surface area contributed by atoms with Gasteiger partial charge in [-0.3, -0.25) is 4.98 Å². The molecule has 1 aromatic rings. The molecule has 12 heavy (non-hydrogen) atoms. The molecule has 0 saturated heterocycles. The lowest BCUT2D eigenvalue weighted by Crippen LogP contribution is -1.99. The summed E-state index contributed by atoms with van der Waals surface area (Å²) in [5, 5.41) is 0. The zero-order valence-corrected chi connectivity index (χ0v) is 8.06. The molecule has 0 amide bonds. The fraction of sp³-hybridized carbons (Fsp3) is 0.444. The second-order valence-corrected chi connectivity index (χ2v) is 2.89. The largest absolute Gasteiger partial charge is 0.378 e. The van der Waals surface area contributed by atoms with Gasteiger partial charge in [0.05, 0.1) is 12.3 Å². The van der Waals surface area contributed by atoms with Crippen LogP contribution in [0.15, 0.2) is 12.3 Å². The summed E-state index contributed by atoms with van der Waals surface area (Å²) in [6.07, 6.45) is 1.78. The van der Waals surface area contributed by atoms with Crippen LogP contribution in [0.4, 0.5) is 0 Å². The summed E-state index contributed by atoms with van der Waals surface area (Å²) >= 11 is 5.78. The van der Waals surface area contributed by atoms with Crippen LogP contribution in [-0.4, -0.2) is 12.1 Å². The summed E-state index contributed by atoms with van der Waals surface area (Å²) in [6.45, 7) is 2.56. The normalized spacial score (nSPS) is 10.2. The number of methoxy groups -OCH3 is 1. The van der Waals surface area contributed by atoms with E-state index in [1.807, 2.05) is 13.0 Å². The van der Waals surface area contributed by atoms with Crippen LogP contribution in [0.25, 0.3) is 0 Å². The number of rotatable bonds is 3. The van der Waals surface area contributed by atoms with Gasteiger partial charge in [-0.1, -0.05) is 0 Å². The first-order chi connectivity index (χ1) is 5.79. The number of nitrogens with zero attached hydrogens (tertiary/aromatic N) is 1. The third kappa shape index (κ3) is 1.96. The Morgan fingerprint density at radius 1 is 1.58 bits per heavy atom. The lowest BCUT2D eigenvalue weighted by Gasteiger charge is -2.07. The summed E-state index contributed by atoms with van der Waals surface area (Å²) in [7, 11) is 1.65. The molecule has 0 atom stereocenters. The van der Waals surface area contributed by atoms with Gasteiger partial charge in [0, 0.05) is 19.2 Å². The molecule has 0 saturated carbocycles. The first-order valence-electron chi connectivity index (χ1n) is 3.78. The van der Waals surface area contributed by atoms with Crippen LogP contribution in [-0.2, 0) is 17.2 Å². The van der Waals surface area contributed by atoms with Crippen LogP contribution in [0.5, 0.6) is 0 Å². The van der Waals surface area contributed by atoms with Gasteiger partial charge in [-0.2, -0.15) is 0 Å². The molecule has 66 valence electrons. The third-order valence-corrected chi connectivity index (χ3v) is 2.06. The highest BCUT2D eigenvalue weighted by Gasteiger charge is 2.04. The summed E-state index contributed by atoms with van der Waals surface area (Å²) < 4.78 is 5.00. The second kappa shape index (κ2) is 4.43. The highest BCUT2D eigenvalue weighted by atomic mass is 35.5. The van der Waals surface area contributed by atoms with Gasteiger partial charge in [-0.25, -0.2) is 0 Å². The highest BCUT2D eigenvalue weighted by molar-refractivity contribution is 6.17. The van der Waals surface area contributed by atoms with E-state index in [0.29, 0.717) is 12.5 Å². The van der Waals surface area contributed by atoms with Crippen molar-refractivity contribution in [2.45, 2.75) is 19.4 Å². The maximum Gasteiger partial charge on any atom is 0.0887 e. The van der Waals surface area contributed by atoms with E-state index in [-0.39, 0.29) is 0 Å². The highest BCUT2D eigenvalue weighted by Crippen LogP contribution is 2.14. The standard InChI is InChI=1S/C9H12ClNO/c1-7-3-4-11-9(6-12-2)8(7)5-10/h3-4H,5-6H2,1-2H3. The quantitative estimate of drug-likeness (QED) is 0.675. The van der Waals surface area contributed by atoms with Crippen molar-refractivity contribution >= 4 is 11.6 Å². The Labute approximate surface area is 77.5 Å². The van der Waals surface area contributed by atoms with Crippen molar-refractivity contribution in [3.05, 3.63) is 29.1 Å². The Morgan fingerprint density at radius 3 is 2.92 bits per heavy atom. The van der Waals surface area contributed by atoms with E-state index in [0.717, 1.165) is 11.3 Å². The summed E-state index contributed by atoms with van der Waals surface area (Å²) in [4.78, 5) is 4.19. The molecule has 0 aliphatic heterocycles. The summed E-state index contributed by atoms with van der Waals surface area (Å²) in [5.41, 5.74) is 3.19. The number of alkyl halides is 1. The van der Waals surface area contributed by atoms with Crippen molar-refractivity contribution in [3.63, 3.8) is 0 Å². The van der Waals surface area contributed by atoms with E-state index in [4.69, 9.17) is 16.3 Å². The van der Waals surface area contributed by atoms with E-state index < -0.39 is 0 Å². The van der Waals surface area contributed by atoms with Gasteiger partial charge >= 0.3 is 0 Å². The number of aromatic nitrogens is 1. The van der Waals surface area contributed by atoms with E-state index in [1.54, 1.807) is 13.3 Å². The van der Waals surface area contributed by atoms with E-state index in [9.17, 15) is 0 Å². The van der Waals surface area contributed by atoms with Crippen molar-refractivity contribution in [1.29, 1.82) is 0 Å². The van der Waals surface area contributed by atoms with Gasteiger partial charge in [-0.05, 0) is 24.1 Å². The number of ether oxygens (including phenoxy) is 1. The van der Waals surface area contributed by atoms with E-state index in [2.05, 4.69) is 4.98 Å². The Morgan fingerprint density at radius 2 is 2.33 bits per heavy atom. The van der Waals surface area contributed by atoms with Crippen molar-refractivity contribution in [1.82, 2.24) is 4.98 Å². The van der Waals surface area contributed by atoms with E-state index in [1.165, 1.54) is 5.56 Å². The summed E-state index contributed by atoms with van der Waals surface area (Å²) in [6, 6.07) is 1.96. The molecule has 3 heteroatoms. The molecule has 0 bridgehead atoms. The predicted molar refractivity (Wildman–Crippen MR) is 49.2 cm³/mol. The molecule has 2 nitrogen and oxygen atoms in total. The van der Waals surface area contributed by atoms with Crippen LogP contribution in [0, 0.1) is 6.92 Å². The van der Waals surface area contributed by atoms with Gasteiger partial charge in [0.25, 0.3) is 0 Å². The first kappa shape index (κ1) is 9.49. The molecular formula is C9H12ClNO. The smallest absolute Gasteiger partial charge is 0.0887 e. The minimum Gasteiger partial charge on any atom is -0.378 e. The van der Waals surface area contributed by atoms with Crippen molar-refractivity contribution in [3.8, 4) is 0 Å². The molecule has 0 N–H and O–H groups in total. The van der Waals surface area contributed by atoms with Crippen molar-refractivity contribution in [2.75, 3.05) is 7.11 Å². The van der Waals surface area contributed by atoms with Crippen LogP contribution in [0.2, 0.25) is 0 Å². The Kier molecular flexibility index (Phi) is 3.50. The number of hydrogen-bond donors (Lipinski definition) is 0.